The van der Waals surface area contributed by atoms with E-state index in [0.717, 1.165) is 37.2 Å². The summed E-state index contributed by atoms with van der Waals surface area (Å²) in [5.41, 5.74) is 1.72. The number of ether oxygens (including phenoxy) is 1. The molecule has 3 rings (SSSR count). The molecule has 25 heavy (non-hydrogen) atoms. The Balaban J connectivity index is 1.73. The molecule has 1 atom stereocenters. The molecular formula is C17H25N3O4S. The number of benzene rings is 1. The highest BCUT2D eigenvalue weighted by atomic mass is 32.2. The first-order valence-corrected chi connectivity index (χ1v) is 10.1. The van der Waals surface area contributed by atoms with Gasteiger partial charge in [0.15, 0.2) is 0 Å². The largest absolute Gasteiger partial charge is 0.380 e. The molecule has 0 bridgehead atoms. The van der Waals surface area contributed by atoms with Crippen molar-refractivity contribution in [3.63, 3.8) is 0 Å². The Hall–Kier alpha value is -1.48. The summed E-state index contributed by atoms with van der Waals surface area (Å²) in [6, 6.07) is 5.00. The fourth-order valence-corrected chi connectivity index (χ4v) is 4.44. The molecule has 0 radical (unpaired) electrons. The summed E-state index contributed by atoms with van der Waals surface area (Å²) in [7, 11) is -3.58. The molecule has 1 aromatic rings. The third-order valence-electron chi connectivity index (χ3n) is 4.63. The molecule has 0 spiro atoms. The summed E-state index contributed by atoms with van der Waals surface area (Å²) < 4.78 is 33.4. The highest BCUT2D eigenvalue weighted by Crippen LogP contribution is 2.29. The number of sulfonamides is 1. The van der Waals surface area contributed by atoms with Crippen molar-refractivity contribution in [3.05, 3.63) is 23.8 Å². The predicted octanol–water partition coefficient (Wildman–Crippen LogP) is 0.500. The number of aryl methyl sites for hydroxylation is 1. The fourth-order valence-electron chi connectivity index (χ4n) is 3.27. The molecule has 138 valence electrons. The normalized spacial score (nSPS) is 21.5. The molecule has 8 heteroatoms. The molecule has 0 aliphatic carbocycles. The number of anilines is 1. The van der Waals surface area contributed by atoms with Crippen LogP contribution in [0, 0.1) is 5.92 Å². The van der Waals surface area contributed by atoms with Crippen LogP contribution in [0.15, 0.2) is 23.1 Å². The minimum Gasteiger partial charge on any atom is -0.380 e. The van der Waals surface area contributed by atoms with Crippen molar-refractivity contribution in [1.29, 1.82) is 0 Å². The van der Waals surface area contributed by atoms with Crippen LogP contribution in [0.25, 0.3) is 0 Å². The maximum Gasteiger partial charge on any atom is 0.240 e. The summed E-state index contributed by atoms with van der Waals surface area (Å²) in [6.07, 6.45) is 1.62. The molecule has 2 aliphatic heterocycles. The van der Waals surface area contributed by atoms with Crippen LogP contribution in [0.5, 0.6) is 0 Å². The minimum atomic E-state index is -3.58. The lowest BCUT2D eigenvalue weighted by atomic mass is 10.0. The van der Waals surface area contributed by atoms with Crippen LogP contribution in [-0.4, -0.2) is 53.7 Å². The number of hydrogen-bond acceptors (Lipinski definition) is 5. The standard InChI is InChI=1S/C17H25N3O4S/c1-13(21)20-7-2-3-15-9-16(4-5-17(15)20)25(22,23)19-11-14-10-18-6-8-24-12-14/h4-5,9,14,18-19H,2-3,6-8,10-12H2,1H3/t14-/m0/s1. The first kappa shape index (κ1) is 18.3. The van der Waals surface area contributed by atoms with Gasteiger partial charge in [-0.15, -0.1) is 0 Å². The zero-order chi connectivity index (χ0) is 17.9. The van der Waals surface area contributed by atoms with Gasteiger partial charge in [0.05, 0.1) is 18.1 Å². The number of amides is 1. The first-order chi connectivity index (χ1) is 12.0. The van der Waals surface area contributed by atoms with Gasteiger partial charge < -0.3 is 15.0 Å². The number of nitrogens with one attached hydrogen (secondary N) is 2. The van der Waals surface area contributed by atoms with E-state index in [1.54, 1.807) is 23.1 Å². The van der Waals surface area contributed by atoms with Gasteiger partial charge in [0.1, 0.15) is 0 Å². The first-order valence-electron chi connectivity index (χ1n) is 8.66. The monoisotopic (exact) mass is 367 g/mol. The molecule has 2 aliphatic rings. The minimum absolute atomic E-state index is 0.0180. The molecule has 0 aromatic heterocycles. The summed E-state index contributed by atoms with van der Waals surface area (Å²) in [5.74, 6) is 0.0960. The van der Waals surface area contributed by atoms with Crippen LogP contribution in [0.4, 0.5) is 5.69 Å². The highest BCUT2D eigenvalue weighted by molar-refractivity contribution is 7.89. The average molecular weight is 367 g/mol. The Morgan fingerprint density at radius 3 is 3.08 bits per heavy atom. The fraction of sp³-hybridized carbons (Fsp3) is 0.588. The number of fused-ring (bicyclic) bond motifs is 1. The molecule has 7 nitrogen and oxygen atoms in total. The highest BCUT2D eigenvalue weighted by Gasteiger charge is 2.24. The van der Waals surface area contributed by atoms with Crippen molar-refractivity contribution in [2.24, 2.45) is 5.92 Å². The molecule has 1 amide bonds. The van der Waals surface area contributed by atoms with E-state index < -0.39 is 10.0 Å². The Morgan fingerprint density at radius 1 is 1.44 bits per heavy atom. The van der Waals surface area contributed by atoms with Gasteiger partial charge >= 0.3 is 0 Å². The van der Waals surface area contributed by atoms with E-state index in [1.807, 2.05) is 0 Å². The number of rotatable bonds is 4. The van der Waals surface area contributed by atoms with E-state index in [9.17, 15) is 13.2 Å². The summed E-state index contributed by atoms with van der Waals surface area (Å²) >= 11 is 0. The number of carbonyl (C=O) groups excluding carboxylic acids is 1. The molecule has 1 fully saturated rings. The van der Waals surface area contributed by atoms with Gasteiger partial charge in [0, 0.05) is 44.7 Å². The summed E-state index contributed by atoms with van der Waals surface area (Å²) in [6.45, 7) is 5.28. The van der Waals surface area contributed by atoms with Gasteiger partial charge in [0.25, 0.3) is 0 Å². The third-order valence-corrected chi connectivity index (χ3v) is 6.05. The molecule has 1 saturated heterocycles. The number of carbonyl (C=O) groups is 1. The lowest BCUT2D eigenvalue weighted by Crippen LogP contribution is -2.36. The van der Waals surface area contributed by atoms with Gasteiger partial charge in [-0.3, -0.25) is 4.79 Å². The van der Waals surface area contributed by atoms with Gasteiger partial charge in [-0.1, -0.05) is 0 Å². The second-order valence-corrected chi connectivity index (χ2v) is 8.33. The SMILES string of the molecule is CC(=O)N1CCCc2cc(S(=O)(=O)NC[C@@H]3CNCCOC3)ccc21. The van der Waals surface area contributed by atoms with Crippen LogP contribution in [0.3, 0.4) is 0 Å². The second-order valence-electron chi connectivity index (χ2n) is 6.56. The van der Waals surface area contributed by atoms with Crippen LogP contribution < -0.4 is 14.9 Å². The van der Waals surface area contributed by atoms with Crippen molar-refractivity contribution < 1.29 is 17.9 Å². The Bertz CT molecular complexity index is 727. The molecule has 0 saturated carbocycles. The van der Waals surface area contributed by atoms with Crippen molar-refractivity contribution in [3.8, 4) is 0 Å². The molecule has 0 unspecified atom stereocenters. The lowest BCUT2D eigenvalue weighted by molar-refractivity contribution is -0.116. The van der Waals surface area contributed by atoms with Crippen molar-refractivity contribution in [2.75, 3.05) is 44.3 Å². The van der Waals surface area contributed by atoms with Gasteiger partial charge in [-0.25, -0.2) is 13.1 Å². The Labute approximate surface area is 148 Å². The Morgan fingerprint density at radius 2 is 2.28 bits per heavy atom. The van der Waals surface area contributed by atoms with Crippen LogP contribution in [0.1, 0.15) is 18.9 Å². The van der Waals surface area contributed by atoms with E-state index in [-0.39, 0.29) is 16.7 Å². The molecule has 2 N–H and O–H groups in total. The number of hydrogen-bond donors (Lipinski definition) is 2. The molecule has 1 aromatic carbocycles. The van der Waals surface area contributed by atoms with Crippen molar-refractivity contribution in [2.45, 2.75) is 24.7 Å². The van der Waals surface area contributed by atoms with E-state index in [1.165, 1.54) is 6.92 Å². The quantitative estimate of drug-likeness (QED) is 0.809. The maximum absolute atomic E-state index is 12.6. The lowest BCUT2D eigenvalue weighted by Gasteiger charge is -2.29. The Kier molecular flexibility index (Phi) is 5.73. The van der Waals surface area contributed by atoms with Gasteiger partial charge in [-0.05, 0) is 36.6 Å². The third kappa shape index (κ3) is 4.38. The van der Waals surface area contributed by atoms with Crippen LogP contribution >= 0.6 is 0 Å². The summed E-state index contributed by atoms with van der Waals surface area (Å²) in [4.78, 5) is 13.7. The van der Waals surface area contributed by atoms with E-state index in [0.29, 0.717) is 26.3 Å². The topological polar surface area (TPSA) is 87.7 Å². The average Bonchev–Trinajstić information content (AvgIpc) is 2.87. The van der Waals surface area contributed by atoms with E-state index >= 15 is 0 Å². The zero-order valence-electron chi connectivity index (χ0n) is 14.5. The molecular weight excluding hydrogens is 342 g/mol. The van der Waals surface area contributed by atoms with Gasteiger partial charge in [0.2, 0.25) is 15.9 Å². The maximum atomic E-state index is 12.6. The van der Waals surface area contributed by atoms with Gasteiger partial charge in [-0.2, -0.15) is 0 Å². The smallest absolute Gasteiger partial charge is 0.240 e. The molecule has 2 heterocycles. The van der Waals surface area contributed by atoms with Crippen LogP contribution in [0.2, 0.25) is 0 Å². The van der Waals surface area contributed by atoms with Crippen molar-refractivity contribution in [1.82, 2.24) is 10.0 Å². The predicted molar refractivity (Wildman–Crippen MR) is 95.2 cm³/mol. The summed E-state index contributed by atoms with van der Waals surface area (Å²) in [5, 5.41) is 3.23. The van der Waals surface area contributed by atoms with E-state index in [2.05, 4.69) is 10.0 Å². The second kappa shape index (κ2) is 7.82. The van der Waals surface area contributed by atoms with Crippen LogP contribution in [-0.2, 0) is 26.0 Å². The van der Waals surface area contributed by atoms with Crippen molar-refractivity contribution >= 4 is 21.6 Å². The zero-order valence-corrected chi connectivity index (χ0v) is 15.3. The number of nitrogens with zero attached hydrogens (tertiary/aromatic N) is 1. The van der Waals surface area contributed by atoms with E-state index in [4.69, 9.17) is 4.74 Å².